The number of benzene rings is 1. The summed E-state index contributed by atoms with van der Waals surface area (Å²) < 4.78 is 5.54. The van der Waals surface area contributed by atoms with Gasteiger partial charge in [0.05, 0.1) is 5.69 Å². The van der Waals surface area contributed by atoms with Gasteiger partial charge in [-0.25, -0.2) is 0 Å². The third-order valence-electron chi connectivity index (χ3n) is 2.67. The number of phenols is 1. The van der Waals surface area contributed by atoms with E-state index in [9.17, 15) is 14.7 Å². The van der Waals surface area contributed by atoms with Gasteiger partial charge in [-0.3, -0.25) is 14.5 Å². The summed E-state index contributed by atoms with van der Waals surface area (Å²) >= 11 is 0. The van der Waals surface area contributed by atoms with Crippen LogP contribution in [-0.4, -0.2) is 29.1 Å². The SMILES string of the molecule is CC1(C)Oc2ccc(O)cc2N(CC(N)=O)C1=O. The lowest BCUT2D eigenvalue weighted by Gasteiger charge is -2.38. The third-order valence-corrected chi connectivity index (χ3v) is 2.67. The van der Waals surface area contributed by atoms with Crippen molar-refractivity contribution in [2.75, 3.05) is 11.4 Å². The largest absolute Gasteiger partial charge is 0.508 e. The highest BCUT2D eigenvalue weighted by molar-refractivity contribution is 6.05. The Kier molecular flexibility index (Phi) is 2.65. The van der Waals surface area contributed by atoms with E-state index >= 15 is 0 Å². The first-order chi connectivity index (χ1) is 8.31. The van der Waals surface area contributed by atoms with Gasteiger partial charge < -0.3 is 15.6 Å². The van der Waals surface area contributed by atoms with Crippen LogP contribution in [0.15, 0.2) is 18.2 Å². The molecule has 1 aromatic rings. The number of carbonyl (C=O) groups excluding carboxylic acids is 2. The molecule has 6 heteroatoms. The van der Waals surface area contributed by atoms with E-state index < -0.39 is 11.5 Å². The summed E-state index contributed by atoms with van der Waals surface area (Å²) in [5, 5.41) is 9.45. The highest BCUT2D eigenvalue weighted by atomic mass is 16.5. The quantitative estimate of drug-likeness (QED) is 0.793. The van der Waals surface area contributed by atoms with E-state index in [0.717, 1.165) is 0 Å². The topological polar surface area (TPSA) is 92.9 Å². The van der Waals surface area contributed by atoms with Crippen LogP contribution in [0, 0.1) is 0 Å². The fourth-order valence-corrected chi connectivity index (χ4v) is 1.87. The Balaban J connectivity index is 2.53. The zero-order valence-electron chi connectivity index (χ0n) is 10.1. The summed E-state index contributed by atoms with van der Waals surface area (Å²) in [5.74, 6) is -0.590. The van der Waals surface area contributed by atoms with Gasteiger partial charge in [-0.2, -0.15) is 0 Å². The van der Waals surface area contributed by atoms with Crippen molar-refractivity contribution in [3.8, 4) is 11.5 Å². The van der Waals surface area contributed by atoms with E-state index in [0.29, 0.717) is 11.4 Å². The number of amides is 2. The van der Waals surface area contributed by atoms with Crippen LogP contribution < -0.4 is 15.4 Å². The molecule has 0 unspecified atom stereocenters. The lowest BCUT2D eigenvalue weighted by atomic mass is 10.0. The Hall–Kier alpha value is -2.24. The first-order valence-electron chi connectivity index (χ1n) is 5.43. The van der Waals surface area contributed by atoms with Crippen LogP contribution in [-0.2, 0) is 9.59 Å². The molecule has 1 aliphatic rings. The van der Waals surface area contributed by atoms with E-state index in [4.69, 9.17) is 10.5 Å². The van der Waals surface area contributed by atoms with Gasteiger partial charge in [-0.15, -0.1) is 0 Å². The normalized spacial score (nSPS) is 17.0. The fraction of sp³-hybridized carbons (Fsp3) is 0.333. The molecule has 0 aromatic heterocycles. The molecular formula is C12H14N2O4. The zero-order chi connectivity index (χ0) is 13.5. The van der Waals surface area contributed by atoms with Gasteiger partial charge in [-0.1, -0.05) is 0 Å². The Morgan fingerprint density at radius 1 is 1.50 bits per heavy atom. The zero-order valence-corrected chi connectivity index (χ0v) is 10.1. The minimum absolute atomic E-state index is 0.0145. The fourth-order valence-electron chi connectivity index (χ4n) is 1.87. The van der Waals surface area contributed by atoms with Crippen molar-refractivity contribution in [1.29, 1.82) is 0 Å². The number of nitrogens with zero attached hydrogens (tertiary/aromatic N) is 1. The summed E-state index contributed by atoms with van der Waals surface area (Å²) in [6, 6.07) is 4.37. The summed E-state index contributed by atoms with van der Waals surface area (Å²) in [6.07, 6.45) is 0. The van der Waals surface area contributed by atoms with Crippen LogP contribution in [0.4, 0.5) is 5.69 Å². The standard InChI is InChI=1S/C12H14N2O4/c1-12(2)11(17)14(6-10(13)16)8-5-7(15)3-4-9(8)18-12/h3-5,15H,6H2,1-2H3,(H2,13,16). The molecule has 2 amide bonds. The lowest BCUT2D eigenvalue weighted by molar-refractivity contribution is -0.133. The van der Waals surface area contributed by atoms with Crippen molar-refractivity contribution < 1.29 is 19.4 Å². The summed E-state index contributed by atoms with van der Waals surface area (Å²) in [6.45, 7) is 2.97. The maximum absolute atomic E-state index is 12.2. The summed E-state index contributed by atoms with van der Waals surface area (Å²) in [4.78, 5) is 24.4. The van der Waals surface area contributed by atoms with Crippen molar-refractivity contribution in [3.63, 3.8) is 0 Å². The van der Waals surface area contributed by atoms with Gasteiger partial charge in [0, 0.05) is 6.07 Å². The number of hydrogen-bond donors (Lipinski definition) is 2. The molecule has 0 fully saturated rings. The molecule has 0 spiro atoms. The molecular weight excluding hydrogens is 236 g/mol. The Labute approximate surface area is 104 Å². The molecule has 6 nitrogen and oxygen atoms in total. The maximum atomic E-state index is 12.2. The summed E-state index contributed by atoms with van der Waals surface area (Å²) in [7, 11) is 0. The molecule has 2 rings (SSSR count). The van der Waals surface area contributed by atoms with E-state index in [-0.39, 0.29) is 18.2 Å². The second kappa shape index (κ2) is 3.90. The first kappa shape index (κ1) is 12.2. The van der Waals surface area contributed by atoms with Crippen LogP contribution >= 0.6 is 0 Å². The van der Waals surface area contributed by atoms with Crippen LogP contribution in [0.2, 0.25) is 0 Å². The minimum Gasteiger partial charge on any atom is -0.508 e. The number of carbonyl (C=O) groups is 2. The van der Waals surface area contributed by atoms with E-state index in [1.807, 2.05) is 0 Å². The molecule has 96 valence electrons. The second-order valence-electron chi connectivity index (χ2n) is 4.62. The van der Waals surface area contributed by atoms with E-state index in [1.54, 1.807) is 19.9 Å². The number of anilines is 1. The maximum Gasteiger partial charge on any atom is 0.271 e. The predicted molar refractivity (Wildman–Crippen MR) is 64.4 cm³/mol. The highest BCUT2D eigenvalue weighted by Crippen LogP contribution is 2.39. The van der Waals surface area contributed by atoms with Gasteiger partial charge in [0.15, 0.2) is 5.60 Å². The highest BCUT2D eigenvalue weighted by Gasteiger charge is 2.41. The molecule has 3 N–H and O–H groups in total. The number of ether oxygens (including phenoxy) is 1. The number of nitrogens with two attached hydrogens (primary N) is 1. The van der Waals surface area contributed by atoms with E-state index in [2.05, 4.69) is 0 Å². The number of hydrogen-bond acceptors (Lipinski definition) is 4. The molecule has 1 aliphatic heterocycles. The van der Waals surface area contributed by atoms with Crippen LogP contribution in [0.1, 0.15) is 13.8 Å². The van der Waals surface area contributed by atoms with Crippen molar-refractivity contribution in [1.82, 2.24) is 0 Å². The van der Waals surface area contributed by atoms with Crippen LogP contribution in [0.5, 0.6) is 11.5 Å². The number of aromatic hydroxyl groups is 1. The van der Waals surface area contributed by atoms with Gasteiger partial charge in [0.2, 0.25) is 5.91 Å². The monoisotopic (exact) mass is 250 g/mol. The number of rotatable bonds is 2. The van der Waals surface area contributed by atoms with Crippen molar-refractivity contribution in [2.24, 2.45) is 5.73 Å². The van der Waals surface area contributed by atoms with Crippen molar-refractivity contribution in [3.05, 3.63) is 18.2 Å². The molecule has 0 saturated heterocycles. The molecule has 0 atom stereocenters. The average Bonchev–Trinajstić information content (AvgIpc) is 2.25. The molecule has 18 heavy (non-hydrogen) atoms. The first-order valence-corrected chi connectivity index (χ1v) is 5.43. The molecule has 0 radical (unpaired) electrons. The number of phenolic OH excluding ortho intramolecular Hbond substituents is 1. The predicted octanol–water partition coefficient (Wildman–Crippen LogP) is 0.381. The molecule has 1 heterocycles. The third kappa shape index (κ3) is 1.97. The minimum atomic E-state index is -1.07. The van der Waals surface area contributed by atoms with Gasteiger partial charge in [0.25, 0.3) is 5.91 Å². The second-order valence-corrected chi connectivity index (χ2v) is 4.62. The van der Waals surface area contributed by atoms with E-state index in [1.165, 1.54) is 17.0 Å². The van der Waals surface area contributed by atoms with Gasteiger partial charge >= 0.3 is 0 Å². The lowest BCUT2D eigenvalue weighted by Crippen LogP contribution is -2.54. The smallest absolute Gasteiger partial charge is 0.271 e. The average molecular weight is 250 g/mol. The van der Waals surface area contributed by atoms with Gasteiger partial charge in [-0.05, 0) is 26.0 Å². The van der Waals surface area contributed by atoms with Gasteiger partial charge in [0.1, 0.15) is 18.0 Å². The molecule has 0 bridgehead atoms. The van der Waals surface area contributed by atoms with Crippen molar-refractivity contribution in [2.45, 2.75) is 19.4 Å². The molecule has 0 aliphatic carbocycles. The number of fused-ring (bicyclic) bond motifs is 1. The number of primary amides is 1. The Morgan fingerprint density at radius 2 is 2.17 bits per heavy atom. The summed E-state index contributed by atoms with van der Waals surface area (Å²) in [5.41, 5.74) is 4.41. The Morgan fingerprint density at radius 3 is 2.78 bits per heavy atom. The van der Waals surface area contributed by atoms with Crippen molar-refractivity contribution >= 4 is 17.5 Å². The molecule has 0 saturated carbocycles. The van der Waals surface area contributed by atoms with Crippen LogP contribution in [0.25, 0.3) is 0 Å². The molecule has 1 aromatic carbocycles. The van der Waals surface area contributed by atoms with Crippen LogP contribution in [0.3, 0.4) is 0 Å². The Bertz CT molecular complexity index is 525.